The molecule has 0 aliphatic rings. The van der Waals surface area contributed by atoms with E-state index in [1.165, 1.54) is 0 Å². The summed E-state index contributed by atoms with van der Waals surface area (Å²) in [4.78, 5) is 24.1. The Morgan fingerprint density at radius 3 is 1.81 bits per heavy atom. The number of hydrogen-bond donors (Lipinski definition) is 1. The molecule has 0 saturated carbocycles. The largest absolute Gasteiger partial charge is 0.465 e. The first-order valence-electron chi connectivity index (χ1n) is 10.1. The van der Waals surface area contributed by atoms with Crippen molar-refractivity contribution < 1.29 is 23.6 Å². The Labute approximate surface area is 163 Å². The molecule has 0 heterocycles. The van der Waals surface area contributed by atoms with Crippen molar-refractivity contribution in [3.8, 4) is 0 Å². The Bertz CT molecular complexity index is 375. The van der Waals surface area contributed by atoms with Gasteiger partial charge in [0.1, 0.15) is 5.25 Å². The standard InChI is InChI=1S/C20H38O5S/c1-5-9-11-16(7-3)14-24-19(21)13-18(26-23)20(22)25-15-17(8-4)12-10-6-2/h16-18,23H,5-15H2,1-4H3. The lowest BCUT2D eigenvalue weighted by Crippen LogP contribution is -2.27. The number of hydrogen-bond acceptors (Lipinski definition) is 6. The Morgan fingerprint density at radius 1 is 0.885 bits per heavy atom. The molecule has 0 spiro atoms. The van der Waals surface area contributed by atoms with Gasteiger partial charge >= 0.3 is 11.9 Å². The third-order valence-electron chi connectivity index (χ3n) is 4.77. The van der Waals surface area contributed by atoms with E-state index in [-0.39, 0.29) is 6.42 Å². The molecule has 0 saturated heterocycles. The van der Waals surface area contributed by atoms with Crippen LogP contribution >= 0.6 is 12.0 Å². The Morgan fingerprint density at radius 2 is 1.38 bits per heavy atom. The van der Waals surface area contributed by atoms with E-state index in [4.69, 9.17) is 9.47 Å². The zero-order valence-electron chi connectivity index (χ0n) is 17.0. The van der Waals surface area contributed by atoms with Crippen LogP contribution in [-0.4, -0.2) is 35.0 Å². The summed E-state index contributed by atoms with van der Waals surface area (Å²) in [5, 5.41) is -0.915. The van der Waals surface area contributed by atoms with Gasteiger partial charge in [-0.15, -0.1) is 0 Å². The SMILES string of the molecule is CCCCC(CC)COC(=O)CC(SO)C(=O)OCC(CC)CCCC. The molecule has 0 aromatic heterocycles. The minimum absolute atomic E-state index is 0.157. The molecular formula is C20H38O5S. The highest BCUT2D eigenvalue weighted by molar-refractivity contribution is 7.95. The van der Waals surface area contributed by atoms with Crippen molar-refractivity contribution in [2.75, 3.05) is 13.2 Å². The molecule has 0 aromatic carbocycles. The minimum Gasteiger partial charge on any atom is -0.465 e. The molecule has 1 N–H and O–H groups in total. The average Bonchev–Trinajstić information content (AvgIpc) is 2.66. The highest BCUT2D eigenvalue weighted by Gasteiger charge is 2.26. The van der Waals surface area contributed by atoms with E-state index in [9.17, 15) is 14.1 Å². The molecule has 0 amide bonds. The van der Waals surface area contributed by atoms with E-state index in [1.54, 1.807) is 0 Å². The Hall–Kier alpha value is -0.750. The lowest BCUT2D eigenvalue weighted by molar-refractivity contribution is -0.151. The van der Waals surface area contributed by atoms with Crippen molar-refractivity contribution >= 4 is 24.0 Å². The summed E-state index contributed by atoms with van der Waals surface area (Å²) >= 11 is 0.362. The minimum atomic E-state index is -0.915. The summed E-state index contributed by atoms with van der Waals surface area (Å²) in [6, 6.07) is 0. The molecule has 0 radical (unpaired) electrons. The van der Waals surface area contributed by atoms with Gasteiger partial charge < -0.3 is 14.0 Å². The third-order valence-corrected chi connectivity index (χ3v) is 5.38. The molecule has 154 valence electrons. The molecule has 0 aliphatic carbocycles. The van der Waals surface area contributed by atoms with Gasteiger partial charge in [-0.25, -0.2) is 0 Å². The number of carbonyl (C=O) groups is 2. The maximum absolute atomic E-state index is 12.1. The molecular weight excluding hydrogens is 352 g/mol. The average molecular weight is 391 g/mol. The first kappa shape index (κ1) is 25.2. The van der Waals surface area contributed by atoms with Crippen molar-refractivity contribution in [2.24, 2.45) is 11.8 Å². The maximum Gasteiger partial charge on any atom is 0.322 e. The molecule has 0 rings (SSSR count). The van der Waals surface area contributed by atoms with Crippen molar-refractivity contribution in [3.05, 3.63) is 0 Å². The molecule has 5 nitrogen and oxygen atoms in total. The second-order valence-corrected chi connectivity index (χ2v) is 7.72. The van der Waals surface area contributed by atoms with Gasteiger partial charge in [-0.2, -0.15) is 0 Å². The zero-order chi connectivity index (χ0) is 19.8. The summed E-state index contributed by atoms with van der Waals surface area (Å²) in [7, 11) is 0. The fourth-order valence-corrected chi connectivity index (χ4v) is 3.04. The molecule has 3 unspecified atom stereocenters. The number of rotatable bonds is 16. The molecule has 6 heteroatoms. The number of ether oxygens (including phenoxy) is 2. The first-order valence-corrected chi connectivity index (χ1v) is 11.0. The maximum atomic E-state index is 12.1. The van der Waals surface area contributed by atoms with E-state index in [2.05, 4.69) is 27.7 Å². The summed E-state index contributed by atoms with van der Waals surface area (Å²) in [6.07, 6.45) is 8.28. The number of esters is 2. The van der Waals surface area contributed by atoms with E-state index in [1.807, 2.05) is 0 Å². The summed E-state index contributed by atoms with van der Waals surface area (Å²) in [5.41, 5.74) is 0. The first-order chi connectivity index (χ1) is 12.5. The number of unbranched alkanes of at least 4 members (excludes halogenated alkanes) is 2. The summed E-state index contributed by atoms with van der Waals surface area (Å²) in [6.45, 7) is 9.15. The third kappa shape index (κ3) is 11.8. The van der Waals surface area contributed by atoms with Gasteiger partial charge in [0.25, 0.3) is 0 Å². The molecule has 0 aromatic rings. The van der Waals surface area contributed by atoms with Crippen LogP contribution in [-0.2, 0) is 19.1 Å². The summed E-state index contributed by atoms with van der Waals surface area (Å²) in [5.74, 6) is -0.307. The predicted molar refractivity (Wildman–Crippen MR) is 107 cm³/mol. The van der Waals surface area contributed by atoms with Crippen LogP contribution in [0.5, 0.6) is 0 Å². The smallest absolute Gasteiger partial charge is 0.322 e. The van der Waals surface area contributed by atoms with E-state index in [0.29, 0.717) is 37.1 Å². The molecule has 26 heavy (non-hydrogen) atoms. The fourth-order valence-electron chi connectivity index (χ4n) is 2.67. The van der Waals surface area contributed by atoms with Gasteiger partial charge in [-0.05, 0) is 24.7 Å². The fraction of sp³-hybridized carbons (Fsp3) is 0.900. The monoisotopic (exact) mass is 390 g/mol. The number of carbonyl (C=O) groups excluding carboxylic acids is 2. The molecule has 0 bridgehead atoms. The lowest BCUT2D eigenvalue weighted by Gasteiger charge is -2.18. The highest BCUT2D eigenvalue weighted by Crippen LogP contribution is 2.18. The molecule has 0 fully saturated rings. The second-order valence-electron chi connectivity index (χ2n) is 6.94. The lowest BCUT2D eigenvalue weighted by atomic mass is 10.0. The second kappa shape index (κ2) is 16.4. The van der Waals surface area contributed by atoms with Crippen LogP contribution in [0.4, 0.5) is 0 Å². The van der Waals surface area contributed by atoms with Crippen LogP contribution in [0, 0.1) is 11.8 Å². The Kier molecular flexibility index (Phi) is 16.0. The van der Waals surface area contributed by atoms with Crippen LogP contribution < -0.4 is 0 Å². The summed E-state index contributed by atoms with van der Waals surface area (Å²) < 4.78 is 20.0. The quantitative estimate of drug-likeness (QED) is 0.278. The van der Waals surface area contributed by atoms with Gasteiger partial charge in [0, 0.05) is 12.0 Å². The molecule has 3 atom stereocenters. The van der Waals surface area contributed by atoms with E-state index in [0.717, 1.165) is 51.4 Å². The van der Waals surface area contributed by atoms with Crippen LogP contribution in [0.15, 0.2) is 0 Å². The van der Waals surface area contributed by atoms with Crippen molar-refractivity contribution in [1.82, 2.24) is 0 Å². The van der Waals surface area contributed by atoms with Crippen LogP contribution in [0.1, 0.15) is 85.5 Å². The van der Waals surface area contributed by atoms with Gasteiger partial charge in [0.15, 0.2) is 0 Å². The van der Waals surface area contributed by atoms with Gasteiger partial charge in [0.2, 0.25) is 0 Å². The van der Waals surface area contributed by atoms with Gasteiger partial charge in [0.05, 0.1) is 19.6 Å². The van der Waals surface area contributed by atoms with Crippen molar-refractivity contribution in [3.63, 3.8) is 0 Å². The zero-order valence-corrected chi connectivity index (χ0v) is 17.8. The van der Waals surface area contributed by atoms with Crippen molar-refractivity contribution in [1.29, 1.82) is 0 Å². The van der Waals surface area contributed by atoms with E-state index < -0.39 is 17.2 Å². The van der Waals surface area contributed by atoms with Crippen LogP contribution in [0.2, 0.25) is 0 Å². The van der Waals surface area contributed by atoms with Crippen LogP contribution in [0.3, 0.4) is 0 Å². The normalized spacial score (nSPS) is 14.5. The van der Waals surface area contributed by atoms with Crippen molar-refractivity contribution in [2.45, 2.75) is 90.7 Å². The van der Waals surface area contributed by atoms with Gasteiger partial charge in [-0.3, -0.25) is 9.59 Å². The topological polar surface area (TPSA) is 72.8 Å². The Balaban J connectivity index is 4.28. The molecule has 0 aliphatic heterocycles. The highest BCUT2D eigenvalue weighted by atomic mass is 32.2. The van der Waals surface area contributed by atoms with E-state index >= 15 is 0 Å². The van der Waals surface area contributed by atoms with Crippen LogP contribution in [0.25, 0.3) is 0 Å². The predicted octanol–water partition coefficient (Wildman–Crippen LogP) is 5.47. The van der Waals surface area contributed by atoms with Gasteiger partial charge in [-0.1, -0.05) is 66.2 Å².